The van der Waals surface area contributed by atoms with Gasteiger partial charge in [-0.05, 0) is 81.8 Å². The molecule has 3 aromatic carbocycles. The highest BCUT2D eigenvalue weighted by atomic mass is 32.2. The molecule has 0 radical (unpaired) electrons. The third-order valence-electron chi connectivity index (χ3n) is 8.15. The van der Waals surface area contributed by atoms with Crippen LogP contribution in [-0.4, -0.2) is 99.6 Å². The molecule has 2 amide bonds. The standard InChI is InChI=1S/C33H39N5O5S/c39-31(38-23-21-37(22-24-38)20-8-19-36-17-6-7-18-36)25-34-33(41)27-13-15-28(16-14-27)44(42,43)35-30-12-5-4-11-29(30)32(40)26-9-2-1-3-10-26/h1-5,9-16,35H,6-8,17-25H2,(H,34,41). The topological polar surface area (TPSA) is 119 Å². The molecule has 2 N–H and O–H groups in total. The number of carbonyl (C=O) groups is 3. The van der Waals surface area contributed by atoms with Crippen molar-refractivity contribution >= 4 is 33.3 Å². The van der Waals surface area contributed by atoms with E-state index >= 15 is 0 Å². The van der Waals surface area contributed by atoms with Gasteiger partial charge in [0.2, 0.25) is 5.91 Å². The van der Waals surface area contributed by atoms with Crippen LogP contribution in [0.15, 0.2) is 83.8 Å². The molecule has 0 aromatic heterocycles. The Morgan fingerprint density at radius 2 is 1.30 bits per heavy atom. The maximum Gasteiger partial charge on any atom is 0.261 e. The van der Waals surface area contributed by atoms with Crippen molar-refractivity contribution in [1.29, 1.82) is 0 Å². The number of benzene rings is 3. The second-order valence-electron chi connectivity index (χ2n) is 11.2. The van der Waals surface area contributed by atoms with Crippen LogP contribution in [0, 0.1) is 0 Å². The van der Waals surface area contributed by atoms with E-state index in [-0.39, 0.29) is 39.9 Å². The molecule has 0 atom stereocenters. The van der Waals surface area contributed by atoms with Gasteiger partial charge in [0.1, 0.15) is 0 Å². The first-order valence-corrected chi connectivity index (χ1v) is 16.6. The summed E-state index contributed by atoms with van der Waals surface area (Å²) in [5.41, 5.74) is 1.06. The van der Waals surface area contributed by atoms with Gasteiger partial charge in [-0.25, -0.2) is 8.42 Å². The number of carbonyl (C=O) groups excluding carboxylic acids is 3. The number of nitrogens with one attached hydrogen (secondary N) is 2. The first kappa shape index (κ1) is 31.4. The van der Waals surface area contributed by atoms with Gasteiger partial charge in [0, 0.05) is 42.9 Å². The number of sulfonamides is 1. The smallest absolute Gasteiger partial charge is 0.261 e. The fraction of sp³-hybridized carbons (Fsp3) is 0.364. The largest absolute Gasteiger partial charge is 0.343 e. The highest BCUT2D eigenvalue weighted by Gasteiger charge is 2.23. The lowest BCUT2D eigenvalue weighted by Crippen LogP contribution is -2.51. The molecular weight excluding hydrogens is 578 g/mol. The molecule has 5 rings (SSSR count). The zero-order valence-electron chi connectivity index (χ0n) is 24.8. The Hall–Kier alpha value is -4.06. The predicted octanol–water partition coefficient (Wildman–Crippen LogP) is 3.08. The summed E-state index contributed by atoms with van der Waals surface area (Å²) in [7, 11) is -4.05. The monoisotopic (exact) mass is 617 g/mol. The van der Waals surface area contributed by atoms with Gasteiger partial charge in [-0.2, -0.15) is 0 Å². The van der Waals surface area contributed by atoms with Crippen molar-refractivity contribution < 1.29 is 22.8 Å². The molecule has 2 aliphatic rings. The molecule has 11 heteroatoms. The minimum Gasteiger partial charge on any atom is -0.343 e. The summed E-state index contributed by atoms with van der Waals surface area (Å²) in [6, 6.07) is 20.5. The van der Waals surface area contributed by atoms with Crippen LogP contribution in [-0.2, 0) is 14.8 Å². The van der Waals surface area contributed by atoms with Crippen LogP contribution in [0.5, 0.6) is 0 Å². The first-order valence-electron chi connectivity index (χ1n) is 15.1. The Morgan fingerprint density at radius 1 is 0.682 bits per heavy atom. The summed E-state index contributed by atoms with van der Waals surface area (Å²) < 4.78 is 28.8. The average Bonchev–Trinajstić information content (AvgIpc) is 3.58. The van der Waals surface area contributed by atoms with Crippen molar-refractivity contribution in [2.75, 3.05) is 63.6 Å². The van der Waals surface area contributed by atoms with Crippen LogP contribution in [0.1, 0.15) is 45.5 Å². The maximum absolute atomic E-state index is 13.1. The molecule has 2 aliphatic heterocycles. The molecule has 2 saturated heterocycles. The first-order chi connectivity index (χ1) is 21.3. The van der Waals surface area contributed by atoms with Crippen molar-refractivity contribution in [3.63, 3.8) is 0 Å². The maximum atomic E-state index is 13.1. The average molecular weight is 618 g/mol. The van der Waals surface area contributed by atoms with E-state index < -0.39 is 15.9 Å². The molecule has 0 unspecified atom stereocenters. The Kier molecular flexibility index (Phi) is 10.4. The number of nitrogens with zero attached hydrogens (tertiary/aromatic N) is 3. The van der Waals surface area contributed by atoms with E-state index in [1.54, 1.807) is 53.4 Å². The van der Waals surface area contributed by atoms with Crippen molar-refractivity contribution in [3.05, 3.63) is 95.6 Å². The number of hydrogen-bond donors (Lipinski definition) is 2. The molecule has 2 heterocycles. The molecule has 2 fully saturated rings. The molecule has 0 aliphatic carbocycles. The predicted molar refractivity (Wildman–Crippen MR) is 169 cm³/mol. The highest BCUT2D eigenvalue weighted by Crippen LogP contribution is 2.23. The normalized spacial score (nSPS) is 16.0. The number of amides is 2. The zero-order chi connectivity index (χ0) is 30.9. The number of para-hydroxylation sites is 1. The molecule has 44 heavy (non-hydrogen) atoms. The minimum atomic E-state index is -4.05. The number of ketones is 1. The molecule has 0 saturated carbocycles. The highest BCUT2D eigenvalue weighted by molar-refractivity contribution is 7.92. The Balaban J connectivity index is 1.10. The third kappa shape index (κ3) is 8.10. The van der Waals surface area contributed by atoms with Crippen molar-refractivity contribution in [1.82, 2.24) is 20.0 Å². The van der Waals surface area contributed by atoms with Gasteiger partial charge in [0.25, 0.3) is 15.9 Å². The van der Waals surface area contributed by atoms with Gasteiger partial charge >= 0.3 is 0 Å². The third-order valence-corrected chi connectivity index (χ3v) is 9.53. The van der Waals surface area contributed by atoms with Crippen LogP contribution in [0.2, 0.25) is 0 Å². The molecule has 10 nitrogen and oxygen atoms in total. The Labute approximate surface area is 259 Å². The van der Waals surface area contributed by atoms with Crippen LogP contribution in [0.3, 0.4) is 0 Å². The number of likely N-dealkylation sites (tertiary alicyclic amines) is 1. The fourth-order valence-corrected chi connectivity index (χ4v) is 6.70. The summed E-state index contributed by atoms with van der Waals surface area (Å²) in [5.74, 6) is -0.906. The molecule has 0 bridgehead atoms. The van der Waals surface area contributed by atoms with Gasteiger partial charge in [0.15, 0.2) is 5.78 Å². The van der Waals surface area contributed by atoms with Gasteiger partial charge in [-0.15, -0.1) is 0 Å². The van der Waals surface area contributed by atoms with Crippen molar-refractivity contribution in [2.24, 2.45) is 0 Å². The van der Waals surface area contributed by atoms with E-state index in [0.29, 0.717) is 18.7 Å². The lowest BCUT2D eigenvalue weighted by Gasteiger charge is -2.35. The number of hydrogen-bond acceptors (Lipinski definition) is 7. The van der Waals surface area contributed by atoms with Gasteiger partial charge in [-0.3, -0.25) is 24.0 Å². The summed E-state index contributed by atoms with van der Waals surface area (Å²) in [4.78, 5) is 45.1. The quantitative estimate of drug-likeness (QED) is 0.300. The lowest BCUT2D eigenvalue weighted by atomic mass is 10.0. The van der Waals surface area contributed by atoms with Crippen LogP contribution >= 0.6 is 0 Å². The van der Waals surface area contributed by atoms with Crippen LogP contribution in [0.4, 0.5) is 5.69 Å². The van der Waals surface area contributed by atoms with Crippen molar-refractivity contribution in [3.8, 4) is 0 Å². The Morgan fingerprint density at radius 3 is 1.98 bits per heavy atom. The van der Waals surface area contributed by atoms with Crippen LogP contribution in [0.25, 0.3) is 0 Å². The van der Waals surface area contributed by atoms with Crippen molar-refractivity contribution in [2.45, 2.75) is 24.2 Å². The molecule has 0 spiro atoms. The van der Waals surface area contributed by atoms with E-state index in [4.69, 9.17) is 0 Å². The lowest BCUT2D eigenvalue weighted by molar-refractivity contribution is -0.131. The summed E-state index contributed by atoms with van der Waals surface area (Å²) in [6.07, 6.45) is 3.75. The number of anilines is 1. The van der Waals surface area contributed by atoms with E-state index in [1.165, 1.54) is 56.3 Å². The summed E-state index contributed by atoms with van der Waals surface area (Å²) in [6.45, 7) is 7.40. The second kappa shape index (κ2) is 14.6. The number of rotatable bonds is 12. The number of piperazine rings is 1. The molecular formula is C33H39N5O5S. The molecule has 3 aromatic rings. The zero-order valence-corrected chi connectivity index (χ0v) is 25.6. The fourth-order valence-electron chi connectivity index (χ4n) is 5.62. The van der Waals surface area contributed by atoms with E-state index in [2.05, 4.69) is 19.8 Å². The van der Waals surface area contributed by atoms with E-state index in [0.717, 1.165) is 32.6 Å². The van der Waals surface area contributed by atoms with Gasteiger partial charge in [-0.1, -0.05) is 42.5 Å². The minimum absolute atomic E-state index is 0.0645. The Bertz CT molecular complexity index is 1550. The van der Waals surface area contributed by atoms with Gasteiger partial charge < -0.3 is 15.1 Å². The summed E-state index contributed by atoms with van der Waals surface area (Å²) >= 11 is 0. The van der Waals surface area contributed by atoms with Crippen LogP contribution < -0.4 is 10.0 Å². The second-order valence-corrected chi connectivity index (χ2v) is 12.9. The van der Waals surface area contributed by atoms with E-state index in [9.17, 15) is 22.8 Å². The SMILES string of the molecule is O=C(NCC(=O)N1CCN(CCCN2CCCC2)CC1)c1ccc(S(=O)(=O)Nc2ccccc2C(=O)c2ccccc2)cc1. The van der Waals surface area contributed by atoms with Gasteiger partial charge in [0.05, 0.1) is 17.1 Å². The van der Waals surface area contributed by atoms with E-state index in [1.807, 2.05) is 0 Å². The molecule has 232 valence electrons. The summed E-state index contributed by atoms with van der Waals surface area (Å²) in [5, 5.41) is 2.65.